The Bertz CT molecular complexity index is 384. The third kappa shape index (κ3) is 3.65. The fourth-order valence-electron chi connectivity index (χ4n) is 1.30. The average molecular weight is 219 g/mol. The molecule has 1 rings (SSSR count). The second-order valence-corrected chi connectivity index (χ2v) is 3.46. The molecule has 1 aromatic rings. The Morgan fingerprint density at radius 2 is 2.06 bits per heavy atom. The first-order chi connectivity index (χ1) is 7.61. The second-order valence-electron chi connectivity index (χ2n) is 3.46. The van der Waals surface area contributed by atoms with Crippen LogP contribution in [-0.4, -0.2) is 16.7 Å². The van der Waals surface area contributed by atoms with Crippen LogP contribution in [0, 0.1) is 10.1 Å². The van der Waals surface area contributed by atoms with Gasteiger partial charge in [-0.2, -0.15) is 0 Å². The van der Waals surface area contributed by atoms with E-state index in [4.69, 9.17) is 0 Å². The van der Waals surface area contributed by atoms with Crippen molar-refractivity contribution in [2.45, 2.75) is 19.4 Å². The average Bonchev–Trinajstić information content (AvgIpc) is 2.24. The van der Waals surface area contributed by atoms with Gasteiger partial charge < -0.3 is 0 Å². The Morgan fingerprint density at radius 1 is 1.44 bits per heavy atom. The number of rotatable bonds is 5. The monoisotopic (exact) mass is 219 g/mol. The summed E-state index contributed by atoms with van der Waals surface area (Å²) in [5.41, 5.74) is 0.966. The fourth-order valence-corrected chi connectivity index (χ4v) is 1.30. The summed E-state index contributed by atoms with van der Waals surface area (Å²) in [6.45, 7) is 1.24. The summed E-state index contributed by atoms with van der Waals surface area (Å²) in [5, 5.41) is 10.5. The zero-order chi connectivity index (χ0) is 12.0. The van der Waals surface area contributed by atoms with Crippen molar-refractivity contribution >= 4 is 11.9 Å². The third-order valence-corrected chi connectivity index (χ3v) is 2.19. The molecule has 0 N–H and O–H groups in total. The normalized spacial score (nSPS) is 12.6. The van der Waals surface area contributed by atoms with Crippen LogP contribution in [0.25, 0.3) is 6.08 Å². The number of benzene rings is 1. The first-order valence-electron chi connectivity index (χ1n) is 4.97. The predicted octanol–water partition coefficient (Wildman–Crippen LogP) is 2.32. The third-order valence-electron chi connectivity index (χ3n) is 2.19. The Kier molecular flexibility index (Phi) is 4.39. The van der Waals surface area contributed by atoms with E-state index >= 15 is 0 Å². The summed E-state index contributed by atoms with van der Waals surface area (Å²) >= 11 is 0. The Morgan fingerprint density at radius 3 is 2.56 bits per heavy atom. The molecule has 0 fully saturated rings. The van der Waals surface area contributed by atoms with Crippen LogP contribution in [0.3, 0.4) is 0 Å². The largest absolute Gasteiger partial charge is 0.292 e. The molecule has 1 atom stereocenters. The van der Waals surface area contributed by atoms with Crippen LogP contribution >= 0.6 is 0 Å². The molecule has 0 radical (unpaired) electrons. The molecule has 0 aromatic heterocycles. The van der Waals surface area contributed by atoms with Gasteiger partial charge in [-0.05, 0) is 5.56 Å². The highest BCUT2D eigenvalue weighted by molar-refractivity contribution is 5.80. The van der Waals surface area contributed by atoms with Crippen LogP contribution in [0.1, 0.15) is 18.9 Å². The van der Waals surface area contributed by atoms with Crippen molar-refractivity contribution in [3.63, 3.8) is 0 Å². The first-order valence-corrected chi connectivity index (χ1v) is 4.97. The molecule has 16 heavy (non-hydrogen) atoms. The lowest BCUT2D eigenvalue weighted by atomic mass is 10.1. The lowest BCUT2D eigenvalue weighted by Gasteiger charge is -2.01. The Hall–Kier alpha value is -1.97. The molecule has 0 aliphatic carbocycles. The minimum absolute atomic E-state index is 0.136. The highest BCUT2D eigenvalue weighted by Gasteiger charge is 2.23. The van der Waals surface area contributed by atoms with E-state index < -0.39 is 16.7 Å². The van der Waals surface area contributed by atoms with Gasteiger partial charge in [0.15, 0.2) is 0 Å². The lowest BCUT2D eigenvalue weighted by Crippen LogP contribution is -2.26. The molecule has 0 aliphatic heterocycles. The number of Topliss-reactive ketones (excluding diaryl/α,β-unsaturated/α-hetero) is 1. The summed E-state index contributed by atoms with van der Waals surface area (Å²) in [6.07, 6.45) is 3.57. The molecule has 0 heterocycles. The maximum Gasteiger partial charge on any atom is 0.273 e. The van der Waals surface area contributed by atoms with Crippen molar-refractivity contribution in [1.82, 2.24) is 0 Å². The van der Waals surface area contributed by atoms with Gasteiger partial charge in [-0.3, -0.25) is 14.9 Å². The van der Waals surface area contributed by atoms with Crippen LogP contribution in [0.4, 0.5) is 0 Å². The first kappa shape index (κ1) is 12.1. The molecule has 0 saturated carbocycles. The smallest absolute Gasteiger partial charge is 0.273 e. The molecule has 0 bridgehead atoms. The lowest BCUT2D eigenvalue weighted by molar-refractivity contribution is -0.506. The van der Waals surface area contributed by atoms with E-state index in [0.29, 0.717) is 0 Å². The van der Waals surface area contributed by atoms with Crippen molar-refractivity contribution in [3.05, 3.63) is 52.1 Å². The van der Waals surface area contributed by atoms with Gasteiger partial charge in [-0.25, -0.2) is 0 Å². The highest BCUT2D eigenvalue weighted by atomic mass is 16.6. The van der Waals surface area contributed by atoms with Crippen molar-refractivity contribution in [1.29, 1.82) is 0 Å². The van der Waals surface area contributed by atoms with Crippen LogP contribution in [-0.2, 0) is 4.79 Å². The summed E-state index contributed by atoms with van der Waals surface area (Å²) < 4.78 is 0. The molecule has 0 amide bonds. The number of ketones is 1. The summed E-state index contributed by atoms with van der Waals surface area (Å²) in [7, 11) is 0. The zero-order valence-electron chi connectivity index (χ0n) is 9.00. The van der Waals surface area contributed by atoms with Crippen molar-refractivity contribution in [3.8, 4) is 0 Å². The van der Waals surface area contributed by atoms with Gasteiger partial charge in [-0.15, -0.1) is 0 Å². The van der Waals surface area contributed by atoms with E-state index in [9.17, 15) is 14.9 Å². The SMILES string of the molecule is CC(=O)C(C/C=C\c1ccccc1)[N+](=O)[O-]. The summed E-state index contributed by atoms with van der Waals surface area (Å²) in [6, 6.07) is 8.33. The van der Waals surface area contributed by atoms with E-state index in [1.54, 1.807) is 12.2 Å². The van der Waals surface area contributed by atoms with Gasteiger partial charge in [-0.1, -0.05) is 42.5 Å². The van der Waals surface area contributed by atoms with Gasteiger partial charge in [0.05, 0.1) is 0 Å². The fraction of sp³-hybridized carbons (Fsp3) is 0.250. The molecule has 1 unspecified atom stereocenters. The van der Waals surface area contributed by atoms with Gasteiger partial charge in [0.1, 0.15) is 0 Å². The Balaban J connectivity index is 2.59. The highest BCUT2D eigenvalue weighted by Crippen LogP contribution is 2.05. The van der Waals surface area contributed by atoms with Crippen LogP contribution < -0.4 is 0 Å². The molecule has 84 valence electrons. The molecule has 0 spiro atoms. The van der Waals surface area contributed by atoms with Crippen molar-refractivity contribution in [2.75, 3.05) is 0 Å². The minimum atomic E-state index is -1.13. The molecule has 4 nitrogen and oxygen atoms in total. The van der Waals surface area contributed by atoms with Gasteiger partial charge in [0.25, 0.3) is 6.04 Å². The number of nitro groups is 1. The Labute approximate surface area is 93.7 Å². The van der Waals surface area contributed by atoms with E-state index in [1.807, 2.05) is 30.3 Å². The number of nitrogens with zero attached hydrogens (tertiary/aromatic N) is 1. The minimum Gasteiger partial charge on any atom is -0.292 e. The topological polar surface area (TPSA) is 60.2 Å². The van der Waals surface area contributed by atoms with E-state index in [2.05, 4.69) is 0 Å². The van der Waals surface area contributed by atoms with E-state index in [1.165, 1.54) is 6.92 Å². The van der Waals surface area contributed by atoms with Crippen molar-refractivity contribution < 1.29 is 9.72 Å². The van der Waals surface area contributed by atoms with Crippen LogP contribution in [0.2, 0.25) is 0 Å². The zero-order valence-corrected chi connectivity index (χ0v) is 9.00. The summed E-state index contributed by atoms with van der Waals surface area (Å²) in [5.74, 6) is -0.414. The van der Waals surface area contributed by atoms with Crippen molar-refractivity contribution in [2.24, 2.45) is 0 Å². The maximum absolute atomic E-state index is 11.0. The molecule has 4 heteroatoms. The number of hydrogen-bond donors (Lipinski definition) is 0. The van der Waals surface area contributed by atoms with Crippen LogP contribution in [0.15, 0.2) is 36.4 Å². The quantitative estimate of drug-likeness (QED) is 0.564. The van der Waals surface area contributed by atoms with Gasteiger partial charge >= 0.3 is 0 Å². The van der Waals surface area contributed by atoms with Gasteiger partial charge in [0.2, 0.25) is 5.78 Å². The molecule has 0 saturated heterocycles. The summed E-state index contributed by atoms with van der Waals surface area (Å²) in [4.78, 5) is 20.9. The standard InChI is InChI=1S/C12H13NO3/c1-10(14)12(13(15)16)9-5-8-11-6-3-2-4-7-11/h2-8,12H,9H2,1H3/b8-5-. The number of hydrogen-bond acceptors (Lipinski definition) is 3. The molecular formula is C12H13NO3. The van der Waals surface area contributed by atoms with Crippen LogP contribution in [0.5, 0.6) is 0 Å². The molecular weight excluding hydrogens is 206 g/mol. The molecule has 0 aliphatic rings. The van der Waals surface area contributed by atoms with E-state index in [0.717, 1.165) is 5.56 Å². The van der Waals surface area contributed by atoms with E-state index in [-0.39, 0.29) is 6.42 Å². The number of carbonyl (C=O) groups excluding carboxylic acids is 1. The van der Waals surface area contributed by atoms with Gasteiger partial charge in [0, 0.05) is 18.3 Å². The maximum atomic E-state index is 11.0. The second kappa shape index (κ2) is 5.80. The number of carbonyl (C=O) groups is 1. The predicted molar refractivity (Wildman–Crippen MR) is 61.6 cm³/mol. The molecule has 1 aromatic carbocycles.